The van der Waals surface area contributed by atoms with Crippen LogP contribution in [-0.2, 0) is 22.6 Å². The fourth-order valence-corrected chi connectivity index (χ4v) is 2.79. The normalized spacial score (nSPS) is 16.0. The van der Waals surface area contributed by atoms with Crippen LogP contribution in [0.15, 0.2) is 48.5 Å². The van der Waals surface area contributed by atoms with Crippen LogP contribution in [0.1, 0.15) is 23.1 Å². The molecule has 1 atom stereocenters. The Kier molecular flexibility index (Phi) is 4.65. The molecule has 0 spiro atoms. The maximum atomic E-state index is 12.9. The molecule has 1 aliphatic heterocycles. The Morgan fingerprint density at radius 1 is 1.20 bits per heavy atom. The van der Waals surface area contributed by atoms with Crippen LogP contribution in [-0.4, -0.2) is 23.2 Å². The Labute approximate surface area is 142 Å². The average molecular weight is 347 g/mol. The zero-order valence-electron chi connectivity index (χ0n) is 13.1. The topological polar surface area (TPSA) is 66.8 Å². The number of carbonyl (C=O) groups is 2. The van der Waals surface area contributed by atoms with E-state index in [2.05, 4.69) is 0 Å². The van der Waals surface area contributed by atoms with E-state index in [-0.39, 0.29) is 24.3 Å². The van der Waals surface area contributed by atoms with Crippen LogP contribution in [0.2, 0.25) is 0 Å². The standard InChI is InChI=1S/C18H15F2NO4/c19-16(20)13-7-6-12-8-15(17(22)23)21(14(12)9-13)18(24)25-10-11-4-2-1-3-5-11/h1-7,9,15-16H,8,10H2,(H,22,23)/t15-/m1/s1. The molecule has 0 saturated carbocycles. The van der Waals surface area contributed by atoms with Gasteiger partial charge in [0.2, 0.25) is 0 Å². The van der Waals surface area contributed by atoms with Gasteiger partial charge in [-0.2, -0.15) is 0 Å². The van der Waals surface area contributed by atoms with E-state index in [0.717, 1.165) is 16.5 Å². The summed E-state index contributed by atoms with van der Waals surface area (Å²) in [4.78, 5) is 24.8. The zero-order chi connectivity index (χ0) is 18.0. The number of carbonyl (C=O) groups excluding carboxylic acids is 1. The number of hydrogen-bond acceptors (Lipinski definition) is 3. The van der Waals surface area contributed by atoms with E-state index in [0.29, 0.717) is 5.56 Å². The number of amides is 1. The second kappa shape index (κ2) is 6.88. The number of rotatable bonds is 4. The van der Waals surface area contributed by atoms with Crippen LogP contribution in [0.4, 0.5) is 19.3 Å². The summed E-state index contributed by atoms with van der Waals surface area (Å²) in [5, 5.41) is 9.37. The van der Waals surface area contributed by atoms with E-state index in [1.165, 1.54) is 12.1 Å². The van der Waals surface area contributed by atoms with Crippen molar-refractivity contribution in [1.29, 1.82) is 0 Å². The molecule has 0 aromatic heterocycles. The first-order chi connectivity index (χ1) is 12.0. The van der Waals surface area contributed by atoms with Crippen LogP contribution in [0, 0.1) is 0 Å². The van der Waals surface area contributed by atoms with Crippen LogP contribution in [0.25, 0.3) is 0 Å². The Morgan fingerprint density at radius 2 is 1.92 bits per heavy atom. The molecule has 2 aromatic carbocycles. The molecule has 130 valence electrons. The first kappa shape index (κ1) is 16.9. The summed E-state index contributed by atoms with van der Waals surface area (Å²) in [6, 6.07) is 11.5. The molecule has 0 saturated heterocycles. The number of halogens is 2. The lowest BCUT2D eigenvalue weighted by Crippen LogP contribution is -2.43. The summed E-state index contributed by atoms with van der Waals surface area (Å²) >= 11 is 0. The minimum absolute atomic E-state index is 0.0353. The number of aliphatic carboxylic acids is 1. The van der Waals surface area contributed by atoms with Gasteiger partial charge in [-0.25, -0.2) is 18.4 Å². The zero-order valence-corrected chi connectivity index (χ0v) is 13.1. The summed E-state index contributed by atoms with van der Waals surface area (Å²) in [5.74, 6) is -1.22. The molecule has 3 rings (SSSR count). The van der Waals surface area contributed by atoms with Crippen LogP contribution < -0.4 is 4.90 Å². The smallest absolute Gasteiger partial charge is 0.415 e. The van der Waals surface area contributed by atoms with Gasteiger partial charge in [0, 0.05) is 12.0 Å². The third-order valence-electron chi connectivity index (χ3n) is 4.03. The summed E-state index contributed by atoms with van der Waals surface area (Å²) in [5.41, 5.74) is 1.14. The van der Waals surface area contributed by atoms with Crippen molar-refractivity contribution in [1.82, 2.24) is 0 Å². The van der Waals surface area contributed by atoms with Crippen molar-refractivity contribution < 1.29 is 28.2 Å². The van der Waals surface area contributed by atoms with E-state index in [4.69, 9.17) is 4.74 Å². The molecule has 0 unspecified atom stereocenters. The average Bonchev–Trinajstić information content (AvgIpc) is 2.99. The van der Waals surface area contributed by atoms with Gasteiger partial charge < -0.3 is 9.84 Å². The molecule has 0 radical (unpaired) electrons. The number of nitrogens with zero attached hydrogens (tertiary/aromatic N) is 1. The molecule has 1 N–H and O–H groups in total. The number of carboxylic acid groups (broad SMARTS) is 1. The Hall–Kier alpha value is -2.96. The van der Waals surface area contributed by atoms with E-state index in [1.807, 2.05) is 6.07 Å². The highest BCUT2D eigenvalue weighted by Gasteiger charge is 2.40. The molecule has 7 heteroatoms. The fraction of sp³-hybridized carbons (Fsp3) is 0.222. The van der Waals surface area contributed by atoms with Crippen LogP contribution in [0.5, 0.6) is 0 Å². The van der Waals surface area contributed by atoms with Gasteiger partial charge in [0.25, 0.3) is 6.43 Å². The molecule has 1 heterocycles. The van der Waals surface area contributed by atoms with Gasteiger partial charge in [0.1, 0.15) is 12.6 Å². The van der Waals surface area contributed by atoms with E-state index >= 15 is 0 Å². The molecule has 5 nitrogen and oxygen atoms in total. The molecule has 2 aromatic rings. The molecular formula is C18H15F2NO4. The third-order valence-corrected chi connectivity index (χ3v) is 4.03. The van der Waals surface area contributed by atoms with Gasteiger partial charge in [-0.15, -0.1) is 0 Å². The lowest BCUT2D eigenvalue weighted by Gasteiger charge is -2.22. The number of benzene rings is 2. The van der Waals surface area contributed by atoms with Crippen molar-refractivity contribution in [3.63, 3.8) is 0 Å². The largest absolute Gasteiger partial charge is 0.480 e. The van der Waals surface area contributed by atoms with Crippen molar-refractivity contribution in [2.24, 2.45) is 0 Å². The van der Waals surface area contributed by atoms with Gasteiger partial charge >= 0.3 is 12.1 Å². The van der Waals surface area contributed by atoms with Gasteiger partial charge in [0.05, 0.1) is 5.69 Å². The number of carboxylic acids is 1. The number of alkyl halides is 2. The molecule has 0 aliphatic carbocycles. The lowest BCUT2D eigenvalue weighted by atomic mass is 10.1. The number of anilines is 1. The molecule has 0 fully saturated rings. The highest BCUT2D eigenvalue weighted by molar-refractivity contribution is 5.98. The van der Waals surface area contributed by atoms with Crippen molar-refractivity contribution >= 4 is 17.7 Å². The molecular weight excluding hydrogens is 332 g/mol. The quantitative estimate of drug-likeness (QED) is 0.914. The first-order valence-corrected chi connectivity index (χ1v) is 7.61. The van der Waals surface area contributed by atoms with Gasteiger partial charge in [-0.1, -0.05) is 42.5 Å². The maximum absolute atomic E-state index is 12.9. The predicted octanol–water partition coefficient (Wildman–Crippen LogP) is 3.78. The predicted molar refractivity (Wildman–Crippen MR) is 85.6 cm³/mol. The minimum Gasteiger partial charge on any atom is -0.480 e. The van der Waals surface area contributed by atoms with Crippen molar-refractivity contribution in [2.45, 2.75) is 25.5 Å². The number of fused-ring (bicyclic) bond motifs is 1. The number of hydrogen-bond donors (Lipinski definition) is 1. The highest BCUT2D eigenvalue weighted by Crippen LogP contribution is 2.36. The van der Waals surface area contributed by atoms with Crippen molar-refractivity contribution in [3.8, 4) is 0 Å². The Bertz CT molecular complexity index is 795. The van der Waals surface area contributed by atoms with Crippen molar-refractivity contribution in [3.05, 3.63) is 65.2 Å². The summed E-state index contributed by atoms with van der Waals surface area (Å²) in [7, 11) is 0. The van der Waals surface area contributed by atoms with E-state index < -0.39 is 24.5 Å². The third kappa shape index (κ3) is 3.45. The fourth-order valence-electron chi connectivity index (χ4n) is 2.79. The van der Waals surface area contributed by atoms with Gasteiger partial charge in [0.15, 0.2) is 0 Å². The molecule has 1 aliphatic rings. The first-order valence-electron chi connectivity index (χ1n) is 7.61. The number of ether oxygens (including phenoxy) is 1. The summed E-state index contributed by atoms with van der Waals surface area (Å²) in [6.45, 7) is -0.0353. The maximum Gasteiger partial charge on any atom is 0.415 e. The van der Waals surface area contributed by atoms with Gasteiger partial charge in [-0.3, -0.25) is 4.90 Å². The molecule has 1 amide bonds. The van der Waals surface area contributed by atoms with E-state index in [1.54, 1.807) is 24.3 Å². The SMILES string of the molecule is O=C(O)[C@H]1Cc2ccc(C(F)F)cc2N1C(=O)OCc1ccccc1. The summed E-state index contributed by atoms with van der Waals surface area (Å²) in [6.07, 6.45) is -3.54. The lowest BCUT2D eigenvalue weighted by molar-refractivity contribution is -0.138. The second-order valence-electron chi connectivity index (χ2n) is 5.66. The second-order valence-corrected chi connectivity index (χ2v) is 5.66. The van der Waals surface area contributed by atoms with E-state index in [9.17, 15) is 23.5 Å². The monoisotopic (exact) mass is 347 g/mol. The van der Waals surface area contributed by atoms with Crippen molar-refractivity contribution in [2.75, 3.05) is 4.90 Å². The Morgan fingerprint density at radius 3 is 2.56 bits per heavy atom. The minimum atomic E-state index is -2.71. The van der Waals surface area contributed by atoms with Crippen LogP contribution in [0.3, 0.4) is 0 Å². The molecule has 25 heavy (non-hydrogen) atoms. The van der Waals surface area contributed by atoms with Gasteiger partial charge in [-0.05, 0) is 17.2 Å². The highest BCUT2D eigenvalue weighted by atomic mass is 19.3. The Balaban J connectivity index is 1.85. The summed E-state index contributed by atoms with van der Waals surface area (Å²) < 4.78 is 31.1. The van der Waals surface area contributed by atoms with Crippen LogP contribution >= 0.6 is 0 Å². The molecule has 0 bridgehead atoms.